The van der Waals surface area contributed by atoms with Crippen LogP contribution in [0.25, 0.3) is 0 Å². The molecule has 7 heteroatoms. The number of piperazine rings is 1. The lowest BCUT2D eigenvalue weighted by Gasteiger charge is -2.36. The molecule has 0 spiro atoms. The molecule has 3 N–H and O–H groups in total. The average molecular weight is 340 g/mol. The Morgan fingerprint density at radius 1 is 1.12 bits per heavy atom. The predicted molar refractivity (Wildman–Crippen MR) is 93.9 cm³/mol. The standard InChI is InChI=1S/C17H32N4O3/c1-16(2,3)24-15(22)21-11-9-20(10-12-21)14(18)19-13-17(23)7-5-4-6-8-17/h23H,4-13H2,1-3H3,(H2,18,19). The number of nitrogens with two attached hydrogens (primary N) is 1. The quantitative estimate of drug-likeness (QED) is 0.588. The maximum absolute atomic E-state index is 12.1. The van der Waals surface area contributed by atoms with Gasteiger partial charge in [-0.05, 0) is 33.6 Å². The van der Waals surface area contributed by atoms with Gasteiger partial charge in [-0.3, -0.25) is 4.99 Å². The number of ether oxygens (including phenoxy) is 1. The molecule has 7 nitrogen and oxygen atoms in total. The first-order chi connectivity index (χ1) is 11.2. The zero-order chi connectivity index (χ0) is 17.8. The third kappa shape index (κ3) is 5.54. The van der Waals surface area contributed by atoms with Gasteiger partial charge in [-0.2, -0.15) is 0 Å². The molecule has 2 fully saturated rings. The lowest BCUT2D eigenvalue weighted by Crippen LogP contribution is -2.53. The van der Waals surface area contributed by atoms with Crippen LogP contribution in [0.2, 0.25) is 0 Å². The summed E-state index contributed by atoms with van der Waals surface area (Å²) in [7, 11) is 0. The van der Waals surface area contributed by atoms with Crippen LogP contribution < -0.4 is 5.73 Å². The van der Waals surface area contributed by atoms with E-state index in [1.165, 1.54) is 6.42 Å². The molecule has 0 atom stereocenters. The number of hydrogen-bond acceptors (Lipinski definition) is 4. The van der Waals surface area contributed by atoms with Crippen molar-refractivity contribution in [3.63, 3.8) is 0 Å². The number of nitrogens with zero attached hydrogens (tertiary/aromatic N) is 3. The van der Waals surface area contributed by atoms with E-state index in [4.69, 9.17) is 10.5 Å². The van der Waals surface area contributed by atoms with Crippen molar-refractivity contribution in [2.75, 3.05) is 32.7 Å². The fraction of sp³-hybridized carbons (Fsp3) is 0.882. The van der Waals surface area contributed by atoms with Crippen molar-refractivity contribution in [3.05, 3.63) is 0 Å². The summed E-state index contributed by atoms with van der Waals surface area (Å²) >= 11 is 0. The summed E-state index contributed by atoms with van der Waals surface area (Å²) in [6.45, 7) is 8.35. The molecule has 0 aromatic carbocycles. The highest BCUT2D eigenvalue weighted by atomic mass is 16.6. The molecular weight excluding hydrogens is 308 g/mol. The van der Waals surface area contributed by atoms with Gasteiger partial charge in [0.2, 0.25) is 0 Å². The lowest BCUT2D eigenvalue weighted by molar-refractivity contribution is 0.0127. The average Bonchev–Trinajstić information content (AvgIpc) is 2.52. The number of guanidine groups is 1. The summed E-state index contributed by atoms with van der Waals surface area (Å²) in [5.41, 5.74) is 4.90. The summed E-state index contributed by atoms with van der Waals surface area (Å²) in [6, 6.07) is 0. The molecule has 0 unspecified atom stereocenters. The minimum atomic E-state index is -0.693. The first-order valence-corrected chi connectivity index (χ1v) is 8.94. The Hall–Kier alpha value is -1.50. The number of carbonyl (C=O) groups is 1. The van der Waals surface area contributed by atoms with Crippen LogP contribution in [0.5, 0.6) is 0 Å². The minimum Gasteiger partial charge on any atom is -0.444 e. The number of amides is 1. The fourth-order valence-corrected chi connectivity index (χ4v) is 3.14. The van der Waals surface area contributed by atoms with Crippen LogP contribution in [0.15, 0.2) is 4.99 Å². The Labute approximate surface area is 144 Å². The zero-order valence-electron chi connectivity index (χ0n) is 15.3. The normalized spacial score (nSPS) is 22.4. The second-order valence-corrected chi connectivity index (χ2v) is 7.91. The summed E-state index contributed by atoms with van der Waals surface area (Å²) in [5, 5.41) is 10.5. The minimum absolute atomic E-state index is 0.283. The lowest BCUT2D eigenvalue weighted by atomic mass is 9.85. The van der Waals surface area contributed by atoms with E-state index in [1.807, 2.05) is 25.7 Å². The highest BCUT2D eigenvalue weighted by Crippen LogP contribution is 2.28. The molecule has 2 rings (SSSR count). The Bertz CT molecular complexity index is 459. The maximum atomic E-state index is 12.1. The van der Waals surface area contributed by atoms with Crippen molar-refractivity contribution in [1.82, 2.24) is 9.80 Å². The number of carbonyl (C=O) groups excluding carboxylic acids is 1. The van der Waals surface area contributed by atoms with E-state index in [9.17, 15) is 9.90 Å². The number of aliphatic imine (C=N–C) groups is 1. The Morgan fingerprint density at radius 3 is 2.21 bits per heavy atom. The van der Waals surface area contributed by atoms with Gasteiger partial charge in [0, 0.05) is 26.2 Å². The molecule has 0 radical (unpaired) electrons. The van der Waals surface area contributed by atoms with E-state index in [1.54, 1.807) is 4.90 Å². The van der Waals surface area contributed by atoms with E-state index >= 15 is 0 Å². The monoisotopic (exact) mass is 340 g/mol. The Balaban J connectivity index is 1.80. The molecule has 1 saturated heterocycles. The molecule has 1 heterocycles. The van der Waals surface area contributed by atoms with Crippen LogP contribution in [0.1, 0.15) is 52.9 Å². The predicted octanol–water partition coefficient (Wildman–Crippen LogP) is 1.55. The van der Waals surface area contributed by atoms with Crippen LogP contribution in [0.3, 0.4) is 0 Å². The van der Waals surface area contributed by atoms with Gasteiger partial charge < -0.3 is 25.4 Å². The van der Waals surface area contributed by atoms with Crippen LogP contribution in [0.4, 0.5) is 4.79 Å². The maximum Gasteiger partial charge on any atom is 0.410 e. The van der Waals surface area contributed by atoms with E-state index in [-0.39, 0.29) is 6.09 Å². The van der Waals surface area contributed by atoms with Gasteiger partial charge in [-0.1, -0.05) is 19.3 Å². The van der Waals surface area contributed by atoms with Gasteiger partial charge in [0.25, 0.3) is 0 Å². The van der Waals surface area contributed by atoms with Crippen LogP contribution in [0, 0.1) is 0 Å². The summed E-state index contributed by atoms with van der Waals surface area (Å²) < 4.78 is 5.39. The van der Waals surface area contributed by atoms with Crippen molar-refractivity contribution in [2.24, 2.45) is 10.7 Å². The molecule has 1 amide bonds. The Morgan fingerprint density at radius 2 is 1.67 bits per heavy atom. The second kappa shape index (κ2) is 7.59. The first-order valence-electron chi connectivity index (χ1n) is 8.94. The second-order valence-electron chi connectivity index (χ2n) is 7.91. The zero-order valence-corrected chi connectivity index (χ0v) is 15.3. The molecule has 1 aliphatic carbocycles. The molecule has 2 aliphatic rings. The van der Waals surface area contributed by atoms with Gasteiger partial charge in [-0.25, -0.2) is 4.79 Å². The van der Waals surface area contributed by atoms with E-state index in [0.29, 0.717) is 38.7 Å². The highest BCUT2D eigenvalue weighted by Gasteiger charge is 2.30. The highest BCUT2D eigenvalue weighted by molar-refractivity contribution is 5.78. The largest absolute Gasteiger partial charge is 0.444 e. The van der Waals surface area contributed by atoms with E-state index in [0.717, 1.165) is 25.7 Å². The van der Waals surface area contributed by atoms with Gasteiger partial charge >= 0.3 is 6.09 Å². The number of aliphatic hydroxyl groups is 1. The number of rotatable bonds is 2. The molecule has 1 aliphatic heterocycles. The van der Waals surface area contributed by atoms with Crippen molar-refractivity contribution in [1.29, 1.82) is 0 Å². The van der Waals surface area contributed by atoms with Gasteiger partial charge in [0.15, 0.2) is 5.96 Å². The summed E-state index contributed by atoms with van der Waals surface area (Å²) in [4.78, 5) is 20.1. The fourth-order valence-electron chi connectivity index (χ4n) is 3.14. The van der Waals surface area contributed by atoms with E-state index < -0.39 is 11.2 Å². The third-order valence-electron chi connectivity index (χ3n) is 4.57. The van der Waals surface area contributed by atoms with Gasteiger partial charge in [0.1, 0.15) is 5.60 Å². The summed E-state index contributed by atoms with van der Waals surface area (Å²) in [5.74, 6) is 0.456. The summed E-state index contributed by atoms with van der Waals surface area (Å²) in [6.07, 6.45) is 4.62. The molecular formula is C17H32N4O3. The van der Waals surface area contributed by atoms with Gasteiger partial charge in [-0.15, -0.1) is 0 Å². The molecule has 0 aromatic rings. The number of hydrogen-bond donors (Lipinski definition) is 2. The Kier molecular flexibility index (Phi) is 5.96. The topological polar surface area (TPSA) is 91.4 Å². The van der Waals surface area contributed by atoms with Crippen LogP contribution in [-0.2, 0) is 4.74 Å². The van der Waals surface area contributed by atoms with Crippen molar-refractivity contribution in [2.45, 2.75) is 64.1 Å². The first kappa shape index (κ1) is 18.8. The molecule has 24 heavy (non-hydrogen) atoms. The van der Waals surface area contributed by atoms with Crippen LogP contribution >= 0.6 is 0 Å². The van der Waals surface area contributed by atoms with E-state index in [2.05, 4.69) is 4.99 Å². The molecule has 0 bridgehead atoms. The SMILES string of the molecule is CC(C)(C)OC(=O)N1CCN(C(N)=NCC2(O)CCCCC2)CC1. The third-order valence-corrected chi connectivity index (χ3v) is 4.57. The van der Waals surface area contributed by atoms with Gasteiger partial charge in [0.05, 0.1) is 12.1 Å². The molecule has 1 saturated carbocycles. The van der Waals surface area contributed by atoms with Crippen molar-refractivity contribution < 1.29 is 14.6 Å². The molecule has 0 aromatic heterocycles. The van der Waals surface area contributed by atoms with Crippen molar-refractivity contribution >= 4 is 12.1 Å². The van der Waals surface area contributed by atoms with Crippen LogP contribution in [-0.4, -0.2) is 70.9 Å². The smallest absolute Gasteiger partial charge is 0.410 e. The van der Waals surface area contributed by atoms with Crippen molar-refractivity contribution in [3.8, 4) is 0 Å². The molecule has 138 valence electrons.